The van der Waals surface area contributed by atoms with Crippen LogP contribution >= 0.6 is 0 Å². The van der Waals surface area contributed by atoms with E-state index in [1.807, 2.05) is 0 Å². The summed E-state index contributed by atoms with van der Waals surface area (Å²) in [4.78, 5) is 23.4. The molecule has 114 valence electrons. The van der Waals surface area contributed by atoms with Gasteiger partial charge in [0, 0.05) is 6.04 Å². The molecule has 5 nitrogen and oxygen atoms in total. The van der Waals surface area contributed by atoms with Gasteiger partial charge in [-0.05, 0) is 37.5 Å². The highest BCUT2D eigenvalue weighted by molar-refractivity contribution is 5.82. The van der Waals surface area contributed by atoms with Crippen LogP contribution in [0.2, 0.25) is 0 Å². The third-order valence-corrected chi connectivity index (χ3v) is 4.85. The van der Waals surface area contributed by atoms with Crippen LogP contribution in [0.15, 0.2) is 0 Å². The zero-order chi connectivity index (χ0) is 14.5. The Balaban J connectivity index is 1.86. The molecule has 0 heterocycles. The highest BCUT2D eigenvalue weighted by Gasteiger charge is 2.32. The summed E-state index contributed by atoms with van der Waals surface area (Å²) < 4.78 is 0. The van der Waals surface area contributed by atoms with E-state index in [9.17, 15) is 14.7 Å². The topological polar surface area (TPSA) is 78.4 Å². The summed E-state index contributed by atoms with van der Waals surface area (Å²) in [7, 11) is 0. The number of carbonyl (C=O) groups is 2. The van der Waals surface area contributed by atoms with Gasteiger partial charge in [0.25, 0.3) is 0 Å². The van der Waals surface area contributed by atoms with Gasteiger partial charge in [-0.25, -0.2) is 9.59 Å². The third kappa shape index (κ3) is 3.87. The van der Waals surface area contributed by atoms with E-state index in [0.717, 1.165) is 44.9 Å². The van der Waals surface area contributed by atoms with E-state index in [2.05, 4.69) is 17.6 Å². The minimum Gasteiger partial charge on any atom is -0.480 e. The number of urea groups is 1. The Kier molecular flexibility index (Phi) is 5.26. The van der Waals surface area contributed by atoms with Crippen molar-refractivity contribution in [3.05, 3.63) is 0 Å². The molecule has 20 heavy (non-hydrogen) atoms. The van der Waals surface area contributed by atoms with E-state index in [1.54, 1.807) is 0 Å². The zero-order valence-corrected chi connectivity index (χ0v) is 12.2. The number of aliphatic carboxylic acids is 1. The molecule has 2 rings (SSSR count). The lowest BCUT2D eigenvalue weighted by Crippen LogP contribution is -2.52. The Bertz CT molecular complexity index is 353. The quantitative estimate of drug-likeness (QED) is 0.741. The minimum absolute atomic E-state index is 0.0769. The largest absolute Gasteiger partial charge is 0.480 e. The standard InChI is InChI=1S/C15H26N2O3/c1-10-6-5-9-12(10)16-15(20)17-13(14(18)19)11-7-3-2-4-8-11/h10-13H,2-9H2,1H3,(H,18,19)(H2,16,17,20). The van der Waals surface area contributed by atoms with E-state index in [1.165, 1.54) is 6.42 Å². The maximum atomic E-state index is 12.0. The second-order valence-corrected chi connectivity index (χ2v) is 6.35. The van der Waals surface area contributed by atoms with Crippen molar-refractivity contribution in [1.82, 2.24) is 10.6 Å². The average molecular weight is 282 g/mol. The van der Waals surface area contributed by atoms with Gasteiger partial charge in [-0.3, -0.25) is 0 Å². The molecule has 5 heteroatoms. The predicted octanol–water partition coefficient (Wildman–Crippen LogP) is 2.51. The smallest absolute Gasteiger partial charge is 0.326 e. The molecule has 0 aromatic carbocycles. The van der Waals surface area contributed by atoms with Gasteiger partial charge in [0.1, 0.15) is 6.04 Å². The Morgan fingerprint density at radius 1 is 1.05 bits per heavy atom. The maximum absolute atomic E-state index is 12.0. The Labute approximate surface area is 120 Å². The van der Waals surface area contributed by atoms with Gasteiger partial charge in [-0.15, -0.1) is 0 Å². The van der Waals surface area contributed by atoms with Gasteiger partial charge in [-0.2, -0.15) is 0 Å². The fourth-order valence-electron chi connectivity index (χ4n) is 3.56. The van der Waals surface area contributed by atoms with Crippen LogP contribution in [0, 0.1) is 11.8 Å². The number of rotatable bonds is 4. The van der Waals surface area contributed by atoms with Crippen molar-refractivity contribution >= 4 is 12.0 Å². The second-order valence-electron chi connectivity index (χ2n) is 6.35. The lowest BCUT2D eigenvalue weighted by atomic mass is 9.84. The second kappa shape index (κ2) is 6.95. The zero-order valence-electron chi connectivity index (χ0n) is 12.2. The van der Waals surface area contributed by atoms with Crippen LogP contribution in [0.4, 0.5) is 4.79 Å². The average Bonchev–Trinajstić information content (AvgIpc) is 2.82. The molecule has 0 saturated heterocycles. The van der Waals surface area contributed by atoms with Gasteiger partial charge < -0.3 is 15.7 Å². The third-order valence-electron chi connectivity index (χ3n) is 4.85. The molecule has 3 N–H and O–H groups in total. The summed E-state index contributed by atoms with van der Waals surface area (Å²) in [5.41, 5.74) is 0. The van der Waals surface area contributed by atoms with Gasteiger partial charge in [0.05, 0.1) is 0 Å². The van der Waals surface area contributed by atoms with Gasteiger partial charge >= 0.3 is 12.0 Å². The first kappa shape index (κ1) is 15.1. The van der Waals surface area contributed by atoms with E-state index >= 15 is 0 Å². The molecular weight excluding hydrogens is 256 g/mol. The van der Waals surface area contributed by atoms with Crippen molar-refractivity contribution < 1.29 is 14.7 Å². The lowest BCUT2D eigenvalue weighted by molar-refractivity contribution is -0.141. The van der Waals surface area contributed by atoms with Crippen LogP contribution in [0.25, 0.3) is 0 Å². The number of nitrogens with one attached hydrogen (secondary N) is 2. The molecule has 2 fully saturated rings. The van der Waals surface area contributed by atoms with E-state index in [0.29, 0.717) is 5.92 Å². The van der Waals surface area contributed by atoms with Gasteiger partial charge in [-0.1, -0.05) is 32.6 Å². The molecule has 3 unspecified atom stereocenters. The first-order valence-electron chi connectivity index (χ1n) is 7.87. The molecule has 2 aliphatic rings. The molecule has 0 radical (unpaired) electrons. The summed E-state index contributed by atoms with van der Waals surface area (Å²) in [5.74, 6) is -0.349. The van der Waals surface area contributed by atoms with Crippen LogP contribution in [0.3, 0.4) is 0 Å². The molecule has 0 aliphatic heterocycles. The van der Waals surface area contributed by atoms with Crippen LogP contribution < -0.4 is 10.6 Å². The van der Waals surface area contributed by atoms with E-state index in [-0.39, 0.29) is 18.0 Å². The summed E-state index contributed by atoms with van der Waals surface area (Å²) in [6.07, 6.45) is 8.38. The lowest BCUT2D eigenvalue weighted by Gasteiger charge is -2.28. The molecule has 0 bridgehead atoms. The van der Waals surface area contributed by atoms with Crippen LogP contribution in [0.5, 0.6) is 0 Å². The van der Waals surface area contributed by atoms with Crippen molar-refractivity contribution in [3.8, 4) is 0 Å². The van der Waals surface area contributed by atoms with Crippen molar-refractivity contribution in [3.63, 3.8) is 0 Å². The molecular formula is C15H26N2O3. The van der Waals surface area contributed by atoms with Crippen LogP contribution in [-0.2, 0) is 4.79 Å². The SMILES string of the molecule is CC1CCCC1NC(=O)NC(C(=O)O)C1CCCCC1. The molecule has 2 aliphatic carbocycles. The maximum Gasteiger partial charge on any atom is 0.326 e. The number of hydrogen-bond donors (Lipinski definition) is 3. The van der Waals surface area contributed by atoms with Crippen molar-refractivity contribution in [1.29, 1.82) is 0 Å². The Morgan fingerprint density at radius 3 is 2.30 bits per heavy atom. The normalized spacial score (nSPS) is 28.9. The summed E-state index contributed by atoms with van der Waals surface area (Å²) in [6.45, 7) is 2.13. The molecule has 0 aromatic rings. The summed E-state index contributed by atoms with van der Waals surface area (Å²) in [5, 5.41) is 15.0. The highest BCUT2D eigenvalue weighted by Crippen LogP contribution is 2.27. The Morgan fingerprint density at radius 2 is 1.75 bits per heavy atom. The molecule has 0 spiro atoms. The predicted molar refractivity (Wildman–Crippen MR) is 76.5 cm³/mol. The highest BCUT2D eigenvalue weighted by atomic mass is 16.4. The van der Waals surface area contributed by atoms with Gasteiger partial charge in [0.15, 0.2) is 0 Å². The number of carboxylic acid groups (broad SMARTS) is 1. The van der Waals surface area contributed by atoms with Crippen molar-refractivity contribution in [2.24, 2.45) is 11.8 Å². The summed E-state index contributed by atoms with van der Waals surface area (Å²) >= 11 is 0. The van der Waals surface area contributed by atoms with E-state index in [4.69, 9.17) is 0 Å². The number of hydrogen-bond acceptors (Lipinski definition) is 2. The number of carbonyl (C=O) groups excluding carboxylic acids is 1. The van der Waals surface area contributed by atoms with Gasteiger partial charge in [0.2, 0.25) is 0 Å². The monoisotopic (exact) mass is 282 g/mol. The summed E-state index contributed by atoms with van der Waals surface area (Å²) in [6, 6.07) is -0.871. The minimum atomic E-state index is -0.911. The van der Waals surface area contributed by atoms with Crippen molar-refractivity contribution in [2.45, 2.75) is 70.4 Å². The number of carboxylic acids is 1. The molecule has 3 atom stereocenters. The van der Waals surface area contributed by atoms with Crippen LogP contribution in [-0.4, -0.2) is 29.2 Å². The fraction of sp³-hybridized carbons (Fsp3) is 0.867. The molecule has 2 saturated carbocycles. The van der Waals surface area contributed by atoms with Crippen molar-refractivity contribution in [2.75, 3.05) is 0 Å². The Hall–Kier alpha value is -1.26. The van der Waals surface area contributed by atoms with E-state index < -0.39 is 12.0 Å². The fourth-order valence-corrected chi connectivity index (χ4v) is 3.56. The molecule has 0 aromatic heterocycles. The first-order chi connectivity index (χ1) is 9.58. The first-order valence-corrected chi connectivity index (χ1v) is 7.87. The number of amides is 2. The van der Waals surface area contributed by atoms with Crippen LogP contribution in [0.1, 0.15) is 58.3 Å². The molecule has 2 amide bonds.